The van der Waals surface area contributed by atoms with Crippen molar-refractivity contribution in [3.63, 3.8) is 0 Å². The molecule has 0 aliphatic carbocycles. The Balaban J connectivity index is 0.00000256. The number of hydrogen-bond acceptors (Lipinski definition) is 4. The van der Waals surface area contributed by atoms with E-state index in [1.165, 1.54) is 9.13 Å². The zero-order chi connectivity index (χ0) is 20.1. The predicted molar refractivity (Wildman–Crippen MR) is 127 cm³/mol. The molecule has 0 spiro atoms. The molecule has 0 N–H and O–H groups in total. The summed E-state index contributed by atoms with van der Waals surface area (Å²) in [6.45, 7) is 1.54. The molecule has 160 valence electrons. The average Bonchev–Trinajstić information content (AvgIpc) is 3.38. The standard InChI is InChI=1S/C22H22ClIN2O3.ClH/c23-18-3-1-17(2-4-18)9-10-22(15-26-12-11-25-16-26)28-14-21(29-22)13-27-20-7-5-19(24)6-8-20;/h1-8,11-12,16,21H,9-10,13-15H2;1H. The summed E-state index contributed by atoms with van der Waals surface area (Å²) < 4.78 is 21.7. The summed E-state index contributed by atoms with van der Waals surface area (Å²) >= 11 is 8.28. The van der Waals surface area contributed by atoms with Crippen molar-refractivity contribution in [1.29, 1.82) is 0 Å². The Morgan fingerprint density at radius 2 is 1.93 bits per heavy atom. The Labute approximate surface area is 201 Å². The highest BCUT2D eigenvalue weighted by molar-refractivity contribution is 14.1. The van der Waals surface area contributed by atoms with Crippen LogP contribution >= 0.6 is 46.6 Å². The van der Waals surface area contributed by atoms with Gasteiger partial charge in [0.1, 0.15) is 18.5 Å². The lowest BCUT2D eigenvalue weighted by Crippen LogP contribution is -2.37. The normalized spacial score (nSPS) is 20.7. The molecule has 0 saturated carbocycles. The van der Waals surface area contributed by atoms with Gasteiger partial charge in [-0.15, -0.1) is 12.4 Å². The van der Waals surface area contributed by atoms with E-state index in [4.69, 9.17) is 25.8 Å². The van der Waals surface area contributed by atoms with E-state index in [-0.39, 0.29) is 18.5 Å². The number of halogens is 3. The first-order valence-electron chi connectivity index (χ1n) is 9.51. The molecular weight excluding hydrogens is 538 g/mol. The number of benzene rings is 2. The van der Waals surface area contributed by atoms with Crippen molar-refractivity contribution in [3.05, 3.63) is 81.4 Å². The number of rotatable bonds is 8. The van der Waals surface area contributed by atoms with Gasteiger partial charge in [-0.1, -0.05) is 23.7 Å². The Morgan fingerprint density at radius 1 is 1.17 bits per heavy atom. The zero-order valence-corrected chi connectivity index (χ0v) is 20.0. The van der Waals surface area contributed by atoms with Crippen molar-refractivity contribution in [2.24, 2.45) is 0 Å². The van der Waals surface area contributed by atoms with Crippen LogP contribution in [0.15, 0.2) is 67.3 Å². The lowest BCUT2D eigenvalue weighted by molar-refractivity contribution is -0.184. The first kappa shape index (κ1) is 23.3. The number of aryl methyl sites for hydroxylation is 1. The summed E-state index contributed by atoms with van der Waals surface area (Å²) in [5.41, 5.74) is 1.20. The largest absolute Gasteiger partial charge is 0.491 e. The van der Waals surface area contributed by atoms with Crippen molar-refractivity contribution < 1.29 is 14.2 Å². The van der Waals surface area contributed by atoms with Crippen molar-refractivity contribution in [1.82, 2.24) is 9.55 Å². The summed E-state index contributed by atoms with van der Waals surface area (Å²) in [5, 5.41) is 0.739. The van der Waals surface area contributed by atoms with E-state index >= 15 is 0 Å². The van der Waals surface area contributed by atoms with Crippen LogP contribution in [0.5, 0.6) is 5.75 Å². The third kappa shape index (κ3) is 6.34. The Bertz CT molecular complexity index is 907. The highest BCUT2D eigenvalue weighted by Crippen LogP contribution is 2.31. The third-order valence-electron chi connectivity index (χ3n) is 4.85. The summed E-state index contributed by atoms with van der Waals surface area (Å²) in [5.74, 6) is 0.128. The van der Waals surface area contributed by atoms with Crippen LogP contribution < -0.4 is 4.74 Å². The molecule has 2 heterocycles. The summed E-state index contributed by atoms with van der Waals surface area (Å²) in [6, 6.07) is 15.9. The predicted octanol–water partition coefficient (Wildman–Crippen LogP) is 5.39. The Hall–Kier alpha value is -1.32. The molecule has 2 unspecified atom stereocenters. The molecule has 1 aliphatic rings. The smallest absolute Gasteiger partial charge is 0.187 e. The quantitative estimate of drug-likeness (QED) is 0.347. The van der Waals surface area contributed by atoms with Crippen molar-refractivity contribution in [3.8, 4) is 5.75 Å². The fraction of sp³-hybridized carbons (Fsp3) is 0.318. The van der Waals surface area contributed by atoms with E-state index in [2.05, 4.69) is 27.6 Å². The van der Waals surface area contributed by atoms with E-state index in [9.17, 15) is 0 Å². The summed E-state index contributed by atoms with van der Waals surface area (Å²) in [4.78, 5) is 4.14. The van der Waals surface area contributed by atoms with Crippen LogP contribution in [0.1, 0.15) is 12.0 Å². The molecule has 1 fully saturated rings. The molecule has 0 radical (unpaired) electrons. The molecule has 0 bridgehead atoms. The van der Waals surface area contributed by atoms with Gasteiger partial charge < -0.3 is 18.8 Å². The SMILES string of the molecule is Cl.Clc1ccc(CCC2(Cn3ccnc3)OCC(COc3ccc(I)cc3)O2)cc1. The zero-order valence-electron chi connectivity index (χ0n) is 16.2. The molecule has 0 amide bonds. The minimum atomic E-state index is -0.708. The Kier molecular flexibility index (Phi) is 8.42. The van der Waals surface area contributed by atoms with Crippen LogP contribution in [0, 0.1) is 3.57 Å². The lowest BCUT2D eigenvalue weighted by atomic mass is 10.0. The fourth-order valence-corrected chi connectivity index (χ4v) is 3.84. The van der Waals surface area contributed by atoms with Gasteiger partial charge in [-0.3, -0.25) is 0 Å². The molecule has 3 aromatic rings. The summed E-state index contributed by atoms with van der Waals surface area (Å²) in [6.07, 6.45) is 6.91. The molecule has 8 heteroatoms. The van der Waals surface area contributed by atoms with Crippen LogP contribution in [0.4, 0.5) is 0 Å². The fourth-order valence-electron chi connectivity index (χ4n) is 3.36. The van der Waals surface area contributed by atoms with E-state index in [0.29, 0.717) is 19.8 Å². The van der Waals surface area contributed by atoms with Gasteiger partial charge in [0, 0.05) is 27.4 Å². The molecule has 2 aromatic carbocycles. The van der Waals surface area contributed by atoms with Crippen molar-refractivity contribution in [2.75, 3.05) is 13.2 Å². The van der Waals surface area contributed by atoms with E-state index in [1.807, 2.05) is 59.3 Å². The molecule has 30 heavy (non-hydrogen) atoms. The first-order valence-corrected chi connectivity index (χ1v) is 11.0. The van der Waals surface area contributed by atoms with Crippen LogP contribution in [-0.4, -0.2) is 34.7 Å². The van der Waals surface area contributed by atoms with Gasteiger partial charge >= 0.3 is 0 Å². The molecule has 4 rings (SSSR count). The topological polar surface area (TPSA) is 45.5 Å². The first-order chi connectivity index (χ1) is 14.1. The summed E-state index contributed by atoms with van der Waals surface area (Å²) in [7, 11) is 0. The van der Waals surface area contributed by atoms with Gasteiger partial charge in [0.05, 0.1) is 19.5 Å². The minimum Gasteiger partial charge on any atom is -0.491 e. The molecule has 1 saturated heterocycles. The van der Waals surface area contributed by atoms with Gasteiger partial charge in [0.15, 0.2) is 5.79 Å². The maximum atomic E-state index is 6.39. The molecule has 5 nitrogen and oxygen atoms in total. The van der Waals surface area contributed by atoms with Gasteiger partial charge in [-0.2, -0.15) is 0 Å². The maximum absolute atomic E-state index is 6.39. The van der Waals surface area contributed by atoms with Gasteiger partial charge in [0.2, 0.25) is 0 Å². The number of aromatic nitrogens is 2. The third-order valence-corrected chi connectivity index (χ3v) is 5.82. The van der Waals surface area contributed by atoms with E-state index in [1.54, 1.807) is 12.5 Å². The minimum absolute atomic E-state index is 0. The van der Waals surface area contributed by atoms with Crippen LogP contribution in [0.25, 0.3) is 0 Å². The molecule has 1 aromatic heterocycles. The number of nitrogens with zero attached hydrogens (tertiary/aromatic N) is 2. The Morgan fingerprint density at radius 3 is 2.63 bits per heavy atom. The maximum Gasteiger partial charge on any atom is 0.187 e. The van der Waals surface area contributed by atoms with Crippen molar-refractivity contribution in [2.45, 2.75) is 31.3 Å². The molecule has 2 atom stereocenters. The second-order valence-electron chi connectivity index (χ2n) is 7.09. The monoisotopic (exact) mass is 560 g/mol. The number of hydrogen-bond donors (Lipinski definition) is 0. The average molecular weight is 561 g/mol. The van der Waals surface area contributed by atoms with E-state index < -0.39 is 5.79 Å². The second-order valence-corrected chi connectivity index (χ2v) is 8.77. The van der Waals surface area contributed by atoms with Crippen LogP contribution in [0.2, 0.25) is 5.02 Å². The molecular formula is C22H23Cl2IN2O3. The van der Waals surface area contributed by atoms with E-state index in [0.717, 1.165) is 23.6 Å². The second kappa shape index (κ2) is 10.8. The highest BCUT2D eigenvalue weighted by atomic mass is 127. The van der Waals surface area contributed by atoms with Gasteiger partial charge in [0.25, 0.3) is 0 Å². The highest BCUT2D eigenvalue weighted by Gasteiger charge is 2.42. The van der Waals surface area contributed by atoms with Crippen LogP contribution in [0.3, 0.4) is 0 Å². The van der Waals surface area contributed by atoms with Crippen LogP contribution in [-0.2, 0) is 22.4 Å². The molecule has 1 aliphatic heterocycles. The number of imidazole rings is 1. The van der Waals surface area contributed by atoms with Gasteiger partial charge in [-0.05, 0) is 71.0 Å². The van der Waals surface area contributed by atoms with Gasteiger partial charge in [-0.25, -0.2) is 4.98 Å². The van der Waals surface area contributed by atoms with Crippen molar-refractivity contribution >= 4 is 46.6 Å². The number of ether oxygens (including phenoxy) is 3. The lowest BCUT2D eigenvalue weighted by Gasteiger charge is -2.28.